The van der Waals surface area contributed by atoms with E-state index in [-0.39, 0.29) is 0 Å². The van der Waals surface area contributed by atoms with Gasteiger partial charge >= 0.3 is 0 Å². The van der Waals surface area contributed by atoms with Crippen LogP contribution in [0.2, 0.25) is 0 Å². The Balaban J connectivity index is 0.943. The zero-order valence-corrected chi connectivity index (χ0v) is 36.7. The third kappa shape index (κ3) is 5.52. The Morgan fingerprint density at radius 3 is 1.17 bits per heavy atom. The molecule has 14 rings (SSSR count). The quantitative estimate of drug-likeness (QED) is 0.152. The Morgan fingerprint density at radius 1 is 0.227 bits per heavy atom. The number of benzene rings is 12. The van der Waals surface area contributed by atoms with Crippen molar-refractivity contribution in [2.24, 2.45) is 0 Å². The zero-order chi connectivity index (χ0) is 43.3. The lowest BCUT2D eigenvalue weighted by atomic mass is 9.85. The normalized spacial score (nSPS) is 11.9. The van der Waals surface area contributed by atoms with E-state index in [2.05, 4.69) is 241 Å². The van der Waals surface area contributed by atoms with E-state index >= 15 is 0 Å². The first-order valence-corrected chi connectivity index (χ1v) is 23.6. The molecule has 2 heterocycles. The third-order valence-electron chi connectivity index (χ3n) is 13.9. The summed E-state index contributed by atoms with van der Waals surface area (Å²) in [5.41, 5.74) is 13.7. The second-order valence-corrected chi connectivity index (χ2v) is 18.6. The maximum absolute atomic E-state index is 2.44. The lowest BCUT2D eigenvalue weighted by Gasteiger charge is -2.18. The largest absolute Gasteiger partial charge is 0.309 e. The highest BCUT2D eigenvalue weighted by Crippen LogP contribution is 2.48. The van der Waals surface area contributed by atoms with Gasteiger partial charge in [0.15, 0.2) is 0 Å². The number of aromatic nitrogens is 1. The van der Waals surface area contributed by atoms with E-state index in [1.54, 1.807) is 0 Å². The second-order valence-electron chi connectivity index (χ2n) is 17.5. The minimum Gasteiger partial charge on any atom is -0.309 e. The van der Waals surface area contributed by atoms with Crippen molar-refractivity contribution in [1.29, 1.82) is 0 Å². The molecule has 0 radical (unpaired) electrons. The van der Waals surface area contributed by atoms with E-state index in [1.165, 1.54) is 135 Å². The Bertz CT molecular complexity index is 4160. The van der Waals surface area contributed by atoms with E-state index in [9.17, 15) is 0 Å². The minimum atomic E-state index is 1.17. The SMILES string of the molecule is c1ccc(-c2c3ccccc3c(-c3ccc4sc5cc(-c6c7ccccc7c(-c7ccc8c(c7)c7ccccc7n8-c7ccccc7)c7ccccc67)ccc5c4c3)c3ccccc23)cc1. The molecule has 0 atom stereocenters. The maximum atomic E-state index is 2.44. The van der Waals surface area contributed by atoms with E-state index in [1.807, 2.05) is 11.3 Å². The molecule has 66 heavy (non-hydrogen) atoms. The molecule has 0 unspecified atom stereocenters. The van der Waals surface area contributed by atoms with Gasteiger partial charge in [0.05, 0.1) is 11.0 Å². The number of nitrogens with zero attached hydrogens (tertiary/aromatic N) is 1. The minimum absolute atomic E-state index is 1.17. The van der Waals surface area contributed by atoms with Crippen molar-refractivity contribution < 1.29 is 0 Å². The van der Waals surface area contributed by atoms with Crippen molar-refractivity contribution in [3.05, 3.63) is 237 Å². The van der Waals surface area contributed by atoms with E-state index in [0.717, 1.165) is 0 Å². The van der Waals surface area contributed by atoms with Gasteiger partial charge in [-0.1, -0.05) is 188 Å². The number of para-hydroxylation sites is 2. The van der Waals surface area contributed by atoms with Gasteiger partial charge in [-0.2, -0.15) is 0 Å². The van der Waals surface area contributed by atoms with Crippen LogP contribution in [-0.2, 0) is 0 Å². The molecule has 0 spiro atoms. The van der Waals surface area contributed by atoms with Crippen LogP contribution in [0.15, 0.2) is 237 Å². The van der Waals surface area contributed by atoms with Crippen LogP contribution in [-0.4, -0.2) is 4.57 Å². The molecule has 14 aromatic rings. The molecule has 2 aromatic heterocycles. The highest BCUT2D eigenvalue weighted by Gasteiger charge is 2.21. The fraction of sp³-hybridized carbons (Fsp3) is 0. The van der Waals surface area contributed by atoms with E-state index in [4.69, 9.17) is 0 Å². The van der Waals surface area contributed by atoms with Crippen LogP contribution in [0.1, 0.15) is 0 Å². The van der Waals surface area contributed by atoms with Crippen LogP contribution >= 0.6 is 11.3 Å². The third-order valence-corrected chi connectivity index (χ3v) is 15.1. The summed E-state index contributed by atoms with van der Waals surface area (Å²) in [7, 11) is 0. The Hall–Kier alpha value is -8.30. The average Bonchev–Trinajstić information content (AvgIpc) is 3.92. The van der Waals surface area contributed by atoms with Crippen LogP contribution in [0.5, 0.6) is 0 Å². The lowest BCUT2D eigenvalue weighted by molar-refractivity contribution is 1.18. The van der Waals surface area contributed by atoms with Gasteiger partial charge in [-0.05, 0) is 136 Å². The number of fused-ring (bicyclic) bond motifs is 10. The smallest absolute Gasteiger partial charge is 0.0541 e. The molecule has 12 aromatic carbocycles. The van der Waals surface area contributed by atoms with Gasteiger partial charge in [-0.3, -0.25) is 0 Å². The van der Waals surface area contributed by atoms with E-state index in [0.29, 0.717) is 0 Å². The standard InChI is InChI=1S/C64H39NS/c1-3-17-40(18-4-1)61-47-22-7-9-24-49(47)63(50-25-10-8-23-48(50)61)42-33-36-59-56(38-42)46-34-31-43(39-60(46)66-59)64-53-28-13-11-26-51(53)62(52-27-12-14-29-54(52)64)41-32-35-58-55(37-41)45-21-15-16-30-57(45)65(58)44-19-5-2-6-20-44/h1-39H. The molecule has 0 aliphatic heterocycles. The van der Waals surface area contributed by atoms with Crippen molar-refractivity contribution in [2.45, 2.75) is 0 Å². The van der Waals surface area contributed by atoms with Crippen molar-refractivity contribution in [3.8, 4) is 50.2 Å². The first-order valence-electron chi connectivity index (χ1n) is 22.8. The number of hydrogen-bond acceptors (Lipinski definition) is 1. The molecule has 0 saturated heterocycles. The van der Waals surface area contributed by atoms with Crippen LogP contribution < -0.4 is 0 Å². The second kappa shape index (κ2) is 14.6. The summed E-state index contributed by atoms with van der Waals surface area (Å²) < 4.78 is 4.99. The first kappa shape index (κ1) is 37.1. The predicted molar refractivity (Wildman–Crippen MR) is 285 cm³/mol. The number of thiophene rings is 1. The fourth-order valence-electron chi connectivity index (χ4n) is 11.2. The van der Waals surface area contributed by atoms with Crippen molar-refractivity contribution in [3.63, 3.8) is 0 Å². The average molecular weight is 854 g/mol. The van der Waals surface area contributed by atoms with Gasteiger partial charge in [0.1, 0.15) is 0 Å². The van der Waals surface area contributed by atoms with Gasteiger partial charge in [0, 0.05) is 36.6 Å². The molecule has 0 amide bonds. The molecule has 0 aliphatic rings. The topological polar surface area (TPSA) is 4.93 Å². The van der Waals surface area contributed by atoms with Gasteiger partial charge in [-0.25, -0.2) is 0 Å². The Morgan fingerprint density at radius 2 is 0.621 bits per heavy atom. The maximum Gasteiger partial charge on any atom is 0.0541 e. The summed E-state index contributed by atoms with van der Waals surface area (Å²) in [4.78, 5) is 0. The highest BCUT2D eigenvalue weighted by molar-refractivity contribution is 7.25. The monoisotopic (exact) mass is 853 g/mol. The summed E-state index contributed by atoms with van der Waals surface area (Å²) in [6, 6.07) is 87.7. The van der Waals surface area contributed by atoms with Crippen LogP contribution in [0.4, 0.5) is 0 Å². The van der Waals surface area contributed by atoms with Gasteiger partial charge in [-0.15, -0.1) is 11.3 Å². The fourth-order valence-corrected chi connectivity index (χ4v) is 12.3. The molecule has 1 nitrogen and oxygen atoms in total. The summed E-state index contributed by atoms with van der Waals surface area (Å²) in [5, 5.41) is 15.3. The van der Waals surface area contributed by atoms with Crippen LogP contribution in [0, 0.1) is 0 Å². The zero-order valence-electron chi connectivity index (χ0n) is 35.9. The van der Waals surface area contributed by atoms with Gasteiger partial charge in [0.25, 0.3) is 0 Å². The first-order chi connectivity index (χ1) is 32.8. The number of rotatable bonds is 5. The van der Waals surface area contributed by atoms with Crippen LogP contribution in [0.3, 0.4) is 0 Å². The molecule has 0 N–H and O–H groups in total. The van der Waals surface area contributed by atoms with Crippen LogP contribution in [0.25, 0.3) is 135 Å². The molecule has 0 aliphatic carbocycles. The molecule has 306 valence electrons. The lowest BCUT2D eigenvalue weighted by Crippen LogP contribution is -1.93. The van der Waals surface area contributed by atoms with E-state index < -0.39 is 0 Å². The summed E-state index contributed by atoms with van der Waals surface area (Å²) in [5.74, 6) is 0. The molecular formula is C64H39NS. The van der Waals surface area contributed by atoms with Gasteiger partial charge < -0.3 is 4.57 Å². The van der Waals surface area contributed by atoms with Gasteiger partial charge in [0.2, 0.25) is 0 Å². The predicted octanol–water partition coefficient (Wildman–Crippen LogP) is 18.4. The summed E-state index contributed by atoms with van der Waals surface area (Å²) in [6.07, 6.45) is 0. The Kier molecular flexibility index (Phi) is 8.22. The summed E-state index contributed by atoms with van der Waals surface area (Å²) in [6.45, 7) is 0. The molecule has 2 heteroatoms. The summed E-state index contributed by atoms with van der Waals surface area (Å²) >= 11 is 1.89. The molecule has 0 saturated carbocycles. The Labute approximate surface area is 385 Å². The van der Waals surface area contributed by atoms with Crippen molar-refractivity contribution >= 4 is 96.4 Å². The molecule has 0 fully saturated rings. The number of hydrogen-bond donors (Lipinski definition) is 0. The van der Waals surface area contributed by atoms with Crippen molar-refractivity contribution in [1.82, 2.24) is 4.57 Å². The van der Waals surface area contributed by atoms with Crippen molar-refractivity contribution in [2.75, 3.05) is 0 Å². The highest BCUT2D eigenvalue weighted by atomic mass is 32.1. The molecule has 0 bridgehead atoms. The molecular weight excluding hydrogens is 815 g/mol.